The molecule has 0 bridgehead atoms. The first-order valence-corrected chi connectivity index (χ1v) is 6.39. The number of halogens is 3. The predicted molar refractivity (Wildman–Crippen MR) is 73.4 cm³/mol. The zero-order valence-corrected chi connectivity index (χ0v) is 11.5. The summed E-state index contributed by atoms with van der Waals surface area (Å²) in [5.74, 6) is 0. The van der Waals surface area contributed by atoms with E-state index in [1.165, 1.54) is 5.56 Å². The van der Waals surface area contributed by atoms with Gasteiger partial charge >= 0.3 is 0 Å². The second-order valence-corrected chi connectivity index (χ2v) is 5.14. The van der Waals surface area contributed by atoms with Crippen LogP contribution in [0.15, 0.2) is 46.9 Å². The monoisotopic (exact) mass is 314 g/mol. The van der Waals surface area contributed by atoms with Crippen LogP contribution in [0.5, 0.6) is 0 Å². The van der Waals surface area contributed by atoms with E-state index in [1.54, 1.807) is 0 Å². The summed E-state index contributed by atoms with van der Waals surface area (Å²) in [4.78, 5) is 0. The Morgan fingerprint density at radius 3 is 2.00 bits per heavy atom. The molecule has 0 fully saturated rings. The highest BCUT2D eigenvalue weighted by Crippen LogP contribution is 2.32. The van der Waals surface area contributed by atoms with Crippen molar-refractivity contribution in [2.24, 2.45) is 0 Å². The van der Waals surface area contributed by atoms with E-state index in [4.69, 9.17) is 23.2 Å². The van der Waals surface area contributed by atoms with E-state index in [2.05, 4.69) is 28.1 Å². The second-order valence-electron chi connectivity index (χ2n) is 3.54. The molecule has 0 N–H and O–H groups in total. The van der Waals surface area contributed by atoms with E-state index in [9.17, 15) is 0 Å². The first-order chi connectivity index (χ1) is 7.66. The second kappa shape index (κ2) is 5.22. The average Bonchev–Trinajstić information content (AvgIpc) is 2.27. The lowest BCUT2D eigenvalue weighted by atomic mass is 10.1. The number of benzene rings is 2. The molecule has 0 aliphatic heterocycles. The Labute approximate surface area is 113 Å². The highest BCUT2D eigenvalue weighted by atomic mass is 79.9. The minimum Gasteiger partial charge on any atom is -0.0830 e. The molecule has 16 heavy (non-hydrogen) atoms. The maximum atomic E-state index is 6.05. The highest BCUT2D eigenvalue weighted by molar-refractivity contribution is 9.10. The van der Waals surface area contributed by atoms with Gasteiger partial charge in [-0.15, -0.1) is 0 Å². The molecule has 0 atom stereocenters. The first-order valence-electron chi connectivity index (χ1n) is 4.84. The molecule has 0 aliphatic rings. The molecule has 82 valence electrons. The molecule has 0 saturated carbocycles. The fraction of sp³-hybridized carbons (Fsp3) is 0.0769. The summed E-state index contributed by atoms with van der Waals surface area (Å²) >= 11 is 15.4. The Kier molecular flexibility index (Phi) is 3.91. The van der Waals surface area contributed by atoms with Gasteiger partial charge in [0.25, 0.3) is 0 Å². The van der Waals surface area contributed by atoms with E-state index in [-0.39, 0.29) is 0 Å². The number of hydrogen-bond acceptors (Lipinski definition) is 0. The lowest BCUT2D eigenvalue weighted by molar-refractivity contribution is 1.19. The third-order valence-electron chi connectivity index (χ3n) is 2.29. The van der Waals surface area contributed by atoms with Crippen molar-refractivity contribution in [3.05, 3.63) is 68.1 Å². The number of hydrogen-bond donors (Lipinski definition) is 0. The summed E-state index contributed by atoms with van der Waals surface area (Å²) in [7, 11) is 0. The van der Waals surface area contributed by atoms with Crippen LogP contribution in [0, 0.1) is 0 Å². The molecule has 2 aromatic rings. The fourth-order valence-electron chi connectivity index (χ4n) is 1.54. The van der Waals surface area contributed by atoms with Gasteiger partial charge in [0.05, 0.1) is 14.5 Å². The third kappa shape index (κ3) is 2.79. The van der Waals surface area contributed by atoms with E-state index in [0.717, 1.165) is 16.5 Å². The lowest BCUT2D eigenvalue weighted by Crippen LogP contribution is -1.88. The zero-order valence-electron chi connectivity index (χ0n) is 8.38. The average molecular weight is 316 g/mol. The van der Waals surface area contributed by atoms with Crippen molar-refractivity contribution < 1.29 is 0 Å². The topological polar surface area (TPSA) is 0 Å². The van der Waals surface area contributed by atoms with Gasteiger partial charge in [-0.2, -0.15) is 0 Å². The van der Waals surface area contributed by atoms with Gasteiger partial charge < -0.3 is 0 Å². The van der Waals surface area contributed by atoms with E-state index in [0.29, 0.717) is 10.0 Å². The van der Waals surface area contributed by atoms with Gasteiger partial charge in [0, 0.05) is 0 Å². The van der Waals surface area contributed by atoms with Gasteiger partial charge in [-0.1, -0.05) is 53.5 Å². The molecule has 0 radical (unpaired) electrons. The van der Waals surface area contributed by atoms with Crippen molar-refractivity contribution in [3.8, 4) is 0 Å². The number of rotatable bonds is 2. The molecule has 0 spiro atoms. The molecule has 2 rings (SSSR count). The summed E-state index contributed by atoms with van der Waals surface area (Å²) in [5.41, 5.74) is 2.36. The minimum absolute atomic E-state index is 0.651. The van der Waals surface area contributed by atoms with Crippen molar-refractivity contribution in [1.82, 2.24) is 0 Å². The zero-order chi connectivity index (χ0) is 11.5. The Bertz CT molecular complexity index is 472. The molecule has 0 unspecified atom stereocenters. The third-order valence-corrected chi connectivity index (χ3v) is 4.20. The summed E-state index contributed by atoms with van der Waals surface area (Å²) in [6.07, 6.45) is 0.841. The Morgan fingerprint density at radius 2 is 1.44 bits per heavy atom. The van der Waals surface area contributed by atoms with Gasteiger partial charge in [0.1, 0.15) is 0 Å². The Hall–Kier alpha value is -0.500. The summed E-state index contributed by atoms with van der Waals surface area (Å²) in [6, 6.07) is 14.1. The fourth-order valence-corrected chi connectivity index (χ4v) is 2.30. The molecule has 3 heteroatoms. The highest BCUT2D eigenvalue weighted by Gasteiger charge is 2.05. The molecule has 0 amide bonds. The predicted octanol–water partition coefficient (Wildman–Crippen LogP) is 5.35. The van der Waals surface area contributed by atoms with Crippen molar-refractivity contribution in [2.75, 3.05) is 0 Å². The van der Waals surface area contributed by atoms with Gasteiger partial charge in [-0.25, -0.2) is 0 Å². The van der Waals surface area contributed by atoms with Gasteiger partial charge in [-0.3, -0.25) is 0 Å². The molecule has 0 saturated heterocycles. The van der Waals surface area contributed by atoms with Crippen LogP contribution in [-0.2, 0) is 6.42 Å². The first kappa shape index (κ1) is 12.0. The molecule has 0 aliphatic carbocycles. The van der Waals surface area contributed by atoms with Crippen molar-refractivity contribution in [3.63, 3.8) is 0 Å². The van der Waals surface area contributed by atoms with Gasteiger partial charge in [0.2, 0.25) is 0 Å². The van der Waals surface area contributed by atoms with E-state index >= 15 is 0 Å². The summed E-state index contributed by atoms with van der Waals surface area (Å²) in [5, 5.41) is 1.30. The van der Waals surface area contributed by atoms with Crippen LogP contribution in [0.4, 0.5) is 0 Å². The SMILES string of the molecule is Clc1cc(Cc2ccccc2)cc(Cl)c1Br. The van der Waals surface area contributed by atoms with Crippen LogP contribution >= 0.6 is 39.1 Å². The minimum atomic E-state index is 0.651. The van der Waals surface area contributed by atoms with Crippen molar-refractivity contribution >= 4 is 39.1 Å². The molecule has 0 aromatic heterocycles. The van der Waals surface area contributed by atoms with Crippen LogP contribution in [-0.4, -0.2) is 0 Å². The molecule has 2 aromatic carbocycles. The molecule has 0 nitrogen and oxygen atoms in total. The van der Waals surface area contributed by atoms with Crippen molar-refractivity contribution in [1.29, 1.82) is 0 Å². The van der Waals surface area contributed by atoms with Crippen LogP contribution in [0.1, 0.15) is 11.1 Å². The van der Waals surface area contributed by atoms with Crippen LogP contribution < -0.4 is 0 Å². The molecular formula is C13H9BrCl2. The molecule has 0 heterocycles. The van der Waals surface area contributed by atoms with Crippen molar-refractivity contribution in [2.45, 2.75) is 6.42 Å². The maximum Gasteiger partial charge on any atom is 0.0566 e. The largest absolute Gasteiger partial charge is 0.0830 e. The maximum absolute atomic E-state index is 6.05. The summed E-state index contributed by atoms with van der Waals surface area (Å²) in [6.45, 7) is 0. The normalized spacial score (nSPS) is 10.4. The van der Waals surface area contributed by atoms with E-state index in [1.807, 2.05) is 30.3 Å². The van der Waals surface area contributed by atoms with Gasteiger partial charge in [0.15, 0.2) is 0 Å². The Balaban J connectivity index is 2.29. The quantitative estimate of drug-likeness (QED) is 0.656. The standard InChI is InChI=1S/C13H9BrCl2/c14-13-11(15)7-10(8-12(13)16)6-9-4-2-1-3-5-9/h1-5,7-8H,6H2. The Morgan fingerprint density at radius 1 is 0.875 bits per heavy atom. The van der Waals surface area contributed by atoms with Crippen LogP contribution in [0.25, 0.3) is 0 Å². The van der Waals surface area contributed by atoms with Gasteiger partial charge in [-0.05, 0) is 45.6 Å². The molecular weight excluding hydrogens is 307 g/mol. The lowest BCUT2D eigenvalue weighted by Gasteiger charge is -2.05. The summed E-state index contributed by atoms with van der Waals surface area (Å²) < 4.78 is 0.757. The van der Waals surface area contributed by atoms with Crippen LogP contribution in [0.3, 0.4) is 0 Å². The smallest absolute Gasteiger partial charge is 0.0566 e. The van der Waals surface area contributed by atoms with Crippen LogP contribution in [0.2, 0.25) is 10.0 Å². The van der Waals surface area contributed by atoms with E-state index < -0.39 is 0 Å².